The van der Waals surface area contributed by atoms with Gasteiger partial charge in [0.2, 0.25) is 0 Å². The molecule has 0 aliphatic rings. The van der Waals surface area contributed by atoms with Crippen LogP contribution in [0.2, 0.25) is 0 Å². The molecule has 1 heterocycles. The second kappa shape index (κ2) is 11.5. The number of hydrogen-bond acceptors (Lipinski definition) is 3. The van der Waals surface area contributed by atoms with Crippen molar-refractivity contribution in [1.82, 2.24) is 15.0 Å². The minimum Gasteiger partial charge on any atom is -0.208 e. The van der Waals surface area contributed by atoms with E-state index in [1.165, 1.54) is 54.2 Å². The molecule has 1 aromatic heterocycles. The van der Waals surface area contributed by atoms with Gasteiger partial charge in [-0.05, 0) is 71.1 Å². The molecular formula is C47H29N3. The average Bonchev–Trinajstić information content (AvgIpc) is 3.20. The molecule has 9 aromatic carbocycles. The first kappa shape index (κ1) is 28.3. The number of aromatic nitrogens is 3. The highest BCUT2D eigenvalue weighted by molar-refractivity contribution is 6.26. The molecule has 0 fully saturated rings. The van der Waals surface area contributed by atoms with E-state index in [9.17, 15) is 0 Å². The van der Waals surface area contributed by atoms with Crippen LogP contribution in [-0.4, -0.2) is 15.0 Å². The number of rotatable bonds is 4. The van der Waals surface area contributed by atoms with Crippen molar-refractivity contribution in [3.05, 3.63) is 176 Å². The topological polar surface area (TPSA) is 38.7 Å². The van der Waals surface area contributed by atoms with Crippen LogP contribution in [0.4, 0.5) is 0 Å². The Morgan fingerprint density at radius 1 is 0.220 bits per heavy atom. The molecule has 3 heteroatoms. The van der Waals surface area contributed by atoms with Gasteiger partial charge in [0.25, 0.3) is 0 Å². The van der Waals surface area contributed by atoms with E-state index >= 15 is 0 Å². The molecule has 3 nitrogen and oxygen atoms in total. The largest absolute Gasteiger partial charge is 0.208 e. The third-order valence-electron chi connectivity index (χ3n) is 9.89. The Morgan fingerprint density at radius 3 is 1.10 bits per heavy atom. The Labute approximate surface area is 289 Å². The second-order valence-electron chi connectivity index (χ2n) is 12.7. The molecule has 0 radical (unpaired) electrons. The van der Waals surface area contributed by atoms with Gasteiger partial charge in [-0.1, -0.05) is 170 Å². The molecular weight excluding hydrogens is 607 g/mol. The van der Waals surface area contributed by atoms with Gasteiger partial charge in [0.05, 0.1) is 0 Å². The summed E-state index contributed by atoms with van der Waals surface area (Å²) in [6.45, 7) is 0. The van der Waals surface area contributed by atoms with Crippen LogP contribution in [0, 0.1) is 0 Å². The van der Waals surface area contributed by atoms with Crippen molar-refractivity contribution in [3.8, 4) is 45.3 Å². The molecule has 10 aromatic rings. The van der Waals surface area contributed by atoms with Gasteiger partial charge in [-0.2, -0.15) is 0 Å². The number of nitrogens with zero attached hydrogens (tertiary/aromatic N) is 3. The van der Waals surface area contributed by atoms with Gasteiger partial charge in [0.1, 0.15) is 0 Å². The maximum absolute atomic E-state index is 5.33. The molecule has 0 saturated heterocycles. The van der Waals surface area contributed by atoms with Crippen LogP contribution in [0.1, 0.15) is 0 Å². The molecule has 0 atom stereocenters. The van der Waals surface area contributed by atoms with E-state index in [1.54, 1.807) is 0 Å². The smallest absolute Gasteiger partial charge is 0.165 e. The summed E-state index contributed by atoms with van der Waals surface area (Å²) >= 11 is 0. The summed E-state index contributed by atoms with van der Waals surface area (Å²) < 4.78 is 0. The first-order valence-corrected chi connectivity index (χ1v) is 17.0. The van der Waals surface area contributed by atoms with Gasteiger partial charge < -0.3 is 0 Å². The molecule has 0 spiro atoms. The van der Waals surface area contributed by atoms with Crippen molar-refractivity contribution in [2.24, 2.45) is 0 Å². The Balaban J connectivity index is 1.29. The van der Waals surface area contributed by atoms with Gasteiger partial charge in [0.15, 0.2) is 17.5 Å². The standard InChI is InChI=1S/C47H29N3/c1-3-15-30(16-4-1)43-38-23-11-13-25-40(38)44(41-26-14-12-24-39(41)43)47-49-45(31-17-5-2-6-18-31)48-46(50-47)32-27-28-37-35-21-8-7-19-33(35)34-20-9-10-22-36(34)42(37)29-32/h1-29H. The fourth-order valence-corrected chi connectivity index (χ4v) is 7.67. The molecule has 0 aliphatic carbocycles. The monoisotopic (exact) mass is 635 g/mol. The highest BCUT2D eigenvalue weighted by atomic mass is 15.0. The summed E-state index contributed by atoms with van der Waals surface area (Å²) in [6, 6.07) is 62.1. The molecule has 232 valence electrons. The van der Waals surface area contributed by atoms with Crippen molar-refractivity contribution >= 4 is 53.9 Å². The fraction of sp³-hybridized carbons (Fsp3) is 0. The first-order valence-electron chi connectivity index (χ1n) is 17.0. The fourth-order valence-electron chi connectivity index (χ4n) is 7.67. The zero-order valence-corrected chi connectivity index (χ0v) is 27.1. The minimum absolute atomic E-state index is 0.647. The highest BCUT2D eigenvalue weighted by Crippen LogP contribution is 2.43. The molecule has 50 heavy (non-hydrogen) atoms. The van der Waals surface area contributed by atoms with Crippen LogP contribution in [-0.2, 0) is 0 Å². The van der Waals surface area contributed by atoms with E-state index in [0.717, 1.165) is 27.5 Å². The third-order valence-corrected chi connectivity index (χ3v) is 9.89. The molecule has 0 amide bonds. The van der Waals surface area contributed by atoms with Crippen LogP contribution < -0.4 is 0 Å². The van der Waals surface area contributed by atoms with E-state index in [4.69, 9.17) is 15.0 Å². The van der Waals surface area contributed by atoms with Crippen molar-refractivity contribution in [2.45, 2.75) is 0 Å². The first-order chi connectivity index (χ1) is 24.8. The second-order valence-corrected chi connectivity index (χ2v) is 12.7. The predicted octanol–water partition coefficient (Wildman–Crippen LogP) is 12.3. The number of benzene rings is 9. The zero-order valence-electron chi connectivity index (χ0n) is 27.1. The molecule has 0 aliphatic heterocycles. The summed E-state index contributed by atoms with van der Waals surface area (Å²) in [5.41, 5.74) is 5.31. The Morgan fingerprint density at radius 2 is 0.580 bits per heavy atom. The number of hydrogen-bond donors (Lipinski definition) is 0. The van der Waals surface area contributed by atoms with E-state index < -0.39 is 0 Å². The van der Waals surface area contributed by atoms with Crippen molar-refractivity contribution in [2.75, 3.05) is 0 Å². The van der Waals surface area contributed by atoms with Gasteiger partial charge in [-0.3, -0.25) is 0 Å². The van der Waals surface area contributed by atoms with Crippen LogP contribution in [0.5, 0.6) is 0 Å². The Kier molecular flexibility index (Phi) is 6.49. The summed E-state index contributed by atoms with van der Waals surface area (Å²) in [4.78, 5) is 15.7. The van der Waals surface area contributed by atoms with Crippen LogP contribution in [0.3, 0.4) is 0 Å². The van der Waals surface area contributed by atoms with Crippen LogP contribution in [0.25, 0.3) is 99.2 Å². The summed E-state index contributed by atoms with van der Waals surface area (Å²) in [5.74, 6) is 1.95. The normalized spacial score (nSPS) is 11.6. The lowest BCUT2D eigenvalue weighted by atomic mass is 9.88. The van der Waals surface area contributed by atoms with E-state index in [-0.39, 0.29) is 0 Å². The van der Waals surface area contributed by atoms with E-state index in [2.05, 4.69) is 158 Å². The molecule has 10 rings (SSSR count). The van der Waals surface area contributed by atoms with Crippen LogP contribution in [0.15, 0.2) is 176 Å². The lowest BCUT2D eigenvalue weighted by molar-refractivity contribution is 1.08. The maximum Gasteiger partial charge on any atom is 0.165 e. The third kappa shape index (κ3) is 4.48. The molecule has 0 saturated carbocycles. The lowest BCUT2D eigenvalue weighted by Gasteiger charge is -2.17. The van der Waals surface area contributed by atoms with Crippen molar-refractivity contribution < 1.29 is 0 Å². The van der Waals surface area contributed by atoms with Gasteiger partial charge in [0, 0.05) is 16.7 Å². The Bertz CT molecular complexity index is 2820. The minimum atomic E-state index is 0.647. The predicted molar refractivity (Wildman–Crippen MR) is 209 cm³/mol. The van der Waals surface area contributed by atoms with E-state index in [1.807, 2.05) is 18.2 Å². The highest BCUT2D eigenvalue weighted by Gasteiger charge is 2.21. The zero-order chi connectivity index (χ0) is 33.0. The SMILES string of the molecule is c1ccc(-c2nc(-c3ccc4c5ccccc5c5ccccc5c4c3)nc(-c3c4ccccc4c(-c4ccccc4)c4ccccc34)n2)cc1. The van der Waals surface area contributed by atoms with Crippen LogP contribution >= 0.6 is 0 Å². The molecule has 0 N–H and O–H groups in total. The summed E-state index contributed by atoms with van der Waals surface area (Å²) in [5, 5.41) is 11.9. The van der Waals surface area contributed by atoms with Crippen molar-refractivity contribution in [3.63, 3.8) is 0 Å². The van der Waals surface area contributed by atoms with Gasteiger partial charge in [-0.15, -0.1) is 0 Å². The molecule has 0 unspecified atom stereocenters. The van der Waals surface area contributed by atoms with Gasteiger partial charge >= 0.3 is 0 Å². The Hall–Kier alpha value is -6.71. The van der Waals surface area contributed by atoms with Gasteiger partial charge in [-0.25, -0.2) is 15.0 Å². The van der Waals surface area contributed by atoms with E-state index in [0.29, 0.717) is 17.5 Å². The summed E-state index contributed by atoms with van der Waals surface area (Å²) in [6.07, 6.45) is 0. The molecule has 0 bridgehead atoms. The van der Waals surface area contributed by atoms with Crippen molar-refractivity contribution in [1.29, 1.82) is 0 Å². The summed E-state index contributed by atoms with van der Waals surface area (Å²) in [7, 11) is 0. The quantitative estimate of drug-likeness (QED) is 0.143. The number of fused-ring (bicyclic) bond motifs is 8. The average molecular weight is 636 g/mol. The maximum atomic E-state index is 5.33. The lowest BCUT2D eigenvalue weighted by Crippen LogP contribution is -2.01.